The zero-order chi connectivity index (χ0) is 17.4. The molecule has 0 spiro atoms. The van der Waals surface area contributed by atoms with Gasteiger partial charge in [0.25, 0.3) is 5.56 Å². The van der Waals surface area contributed by atoms with Gasteiger partial charge in [0.2, 0.25) is 0 Å². The van der Waals surface area contributed by atoms with E-state index in [2.05, 4.69) is 4.98 Å². The summed E-state index contributed by atoms with van der Waals surface area (Å²) in [5.74, 6) is -0.0767. The first kappa shape index (κ1) is 16.9. The van der Waals surface area contributed by atoms with Crippen molar-refractivity contribution in [2.75, 3.05) is 0 Å². The van der Waals surface area contributed by atoms with Crippen molar-refractivity contribution in [1.29, 1.82) is 0 Å². The van der Waals surface area contributed by atoms with Crippen molar-refractivity contribution in [3.05, 3.63) is 38.7 Å². The largest absolute Gasteiger partial charge is 0.433 e. The molecule has 6 nitrogen and oxygen atoms in total. The summed E-state index contributed by atoms with van der Waals surface area (Å²) in [5, 5.41) is -0.0806. The van der Waals surface area contributed by atoms with E-state index in [4.69, 9.17) is 0 Å². The van der Waals surface area contributed by atoms with Gasteiger partial charge in [-0.25, -0.2) is 9.78 Å². The van der Waals surface area contributed by atoms with E-state index in [-0.39, 0.29) is 29.8 Å². The molecular formula is C14H14F3N3O3. The Morgan fingerprint density at radius 3 is 2.48 bits per heavy atom. The number of alkyl halides is 3. The van der Waals surface area contributed by atoms with Crippen molar-refractivity contribution in [2.24, 2.45) is 7.05 Å². The molecule has 0 aliphatic rings. The maximum Gasteiger partial charge on any atom is 0.433 e. The smallest absolute Gasteiger partial charge is 0.300 e. The van der Waals surface area contributed by atoms with Gasteiger partial charge in [0.15, 0.2) is 0 Å². The number of pyridine rings is 1. The van der Waals surface area contributed by atoms with Crippen LogP contribution in [0.15, 0.2) is 21.7 Å². The molecule has 9 heteroatoms. The molecule has 0 aromatic carbocycles. The normalized spacial score (nSPS) is 11.9. The van der Waals surface area contributed by atoms with E-state index in [9.17, 15) is 27.6 Å². The van der Waals surface area contributed by atoms with Gasteiger partial charge in [0.05, 0.1) is 5.39 Å². The number of Topliss-reactive ketones (excluding diaryl/α,β-unsaturated/α-hetero) is 1. The molecule has 0 aliphatic carbocycles. The number of aromatic nitrogens is 3. The number of hydrogen-bond acceptors (Lipinski definition) is 4. The summed E-state index contributed by atoms with van der Waals surface area (Å²) in [4.78, 5) is 38.8. The van der Waals surface area contributed by atoms with Crippen LogP contribution in [-0.2, 0) is 24.6 Å². The summed E-state index contributed by atoms with van der Waals surface area (Å²) in [7, 11) is 1.25. The zero-order valence-electron chi connectivity index (χ0n) is 12.5. The van der Waals surface area contributed by atoms with Crippen molar-refractivity contribution >= 4 is 16.8 Å². The molecule has 0 amide bonds. The first-order chi connectivity index (χ1) is 10.6. The molecule has 0 N–H and O–H groups in total. The second kappa shape index (κ2) is 5.98. The van der Waals surface area contributed by atoms with Crippen molar-refractivity contribution in [3.63, 3.8) is 0 Å². The third kappa shape index (κ3) is 3.33. The Balaban J connectivity index is 2.60. The molecule has 0 radical (unpaired) electrons. The standard InChI is InChI=1S/C14H14F3N3O3/c1-8(21)4-3-7-20-12(22)9-5-6-10(14(15,16)17)18-11(9)19(2)13(20)23/h5-6H,3-4,7H2,1-2H3. The fraction of sp³-hybridized carbons (Fsp3) is 0.429. The minimum absolute atomic E-state index is 0.0159. The Kier molecular flexibility index (Phi) is 4.39. The number of hydrogen-bond donors (Lipinski definition) is 0. The topological polar surface area (TPSA) is 74.0 Å². The van der Waals surface area contributed by atoms with Crippen molar-refractivity contribution in [3.8, 4) is 0 Å². The Morgan fingerprint density at radius 2 is 1.91 bits per heavy atom. The zero-order valence-corrected chi connectivity index (χ0v) is 12.5. The minimum Gasteiger partial charge on any atom is -0.300 e. The molecule has 124 valence electrons. The Hall–Kier alpha value is -2.45. The molecule has 0 aliphatic heterocycles. The molecule has 2 aromatic heterocycles. The van der Waals surface area contributed by atoms with Gasteiger partial charge in [-0.05, 0) is 25.5 Å². The molecule has 0 unspecified atom stereocenters. The van der Waals surface area contributed by atoms with E-state index in [0.717, 1.165) is 15.2 Å². The van der Waals surface area contributed by atoms with Gasteiger partial charge in [-0.3, -0.25) is 13.9 Å². The monoisotopic (exact) mass is 329 g/mol. The third-order valence-corrected chi connectivity index (χ3v) is 3.39. The molecule has 0 saturated heterocycles. The lowest BCUT2D eigenvalue weighted by Gasteiger charge is -2.12. The minimum atomic E-state index is -4.67. The molecule has 23 heavy (non-hydrogen) atoms. The number of rotatable bonds is 4. The van der Waals surface area contributed by atoms with E-state index < -0.39 is 23.1 Å². The first-order valence-electron chi connectivity index (χ1n) is 6.80. The van der Waals surface area contributed by atoms with E-state index >= 15 is 0 Å². The Bertz CT molecular complexity index is 881. The van der Waals surface area contributed by atoms with E-state index in [1.54, 1.807) is 0 Å². The predicted octanol–water partition coefficient (Wildman–Crippen LogP) is 1.48. The molecule has 2 aromatic rings. The summed E-state index contributed by atoms with van der Waals surface area (Å²) in [5.41, 5.74) is -2.97. The first-order valence-corrected chi connectivity index (χ1v) is 6.80. The van der Waals surface area contributed by atoms with Crippen LogP contribution in [0.5, 0.6) is 0 Å². The number of ketones is 1. The van der Waals surface area contributed by atoms with Crippen molar-refractivity contribution < 1.29 is 18.0 Å². The Morgan fingerprint density at radius 1 is 1.26 bits per heavy atom. The highest BCUT2D eigenvalue weighted by atomic mass is 19.4. The van der Waals surface area contributed by atoms with Crippen LogP contribution in [-0.4, -0.2) is 19.9 Å². The van der Waals surface area contributed by atoms with Gasteiger partial charge in [-0.2, -0.15) is 13.2 Å². The van der Waals surface area contributed by atoms with Crippen LogP contribution < -0.4 is 11.2 Å². The van der Waals surface area contributed by atoms with Crippen molar-refractivity contribution in [1.82, 2.24) is 14.1 Å². The predicted molar refractivity (Wildman–Crippen MR) is 76.2 cm³/mol. The third-order valence-electron chi connectivity index (χ3n) is 3.39. The second-order valence-electron chi connectivity index (χ2n) is 5.17. The molecule has 2 rings (SSSR count). The number of carbonyl (C=O) groups excluding carboxylic acids is 1. The maximum atomic E-state index is 12.7. The van der Waals surface area contributed by atoms with Crippen LogP contribution in [0.3, 0.4) is 0 Å². The van der Waals surface area contributed by atoms with Gasteiger partial charge in [0.1, 0.15) is 17.1 Å². The van der Waals surface area contributed by atoms with E-state index in [0.29, 0.717) is 12.5 Å². The fourth-order valence-electron chi connectivity index (χ4n) is 2.22. The highest BCUT2D eigenvalue weighted by Gasteiger charge is 2.33. The van der Waals surface area contributed by atoms with Gasteiger partial charge in [-0.15, -0.1) is 0 Å². The maximum absolute atomic E-state index is 12.7. The highest BCUT2D eigenvalue weighted by molar-refractivity contribution is 5.75. The average Bonchev–Trinajstić information content (AvgIpc) is 2.46. The van der Waals surface area contributed by atoms with Crippen LogP contribution in [0.4, 0.5) is 13.2 Å². The number of halogens is 3. The highest BCUT2D eigenvalue weighted by Crippen LogP contribution is 2.28. The summed E-state index contributed by atoms with van der Waals surface area (Å²) in [6.07, 6.45) is -4.16. The average molecular weight is 329 g/mol. The van der Waals surface area contributed by atoms with Crippen LogP contribution in [0.25, 0.3) is 11.0 Å². The number of carbonyl (C=O) groups is 1. The molecule has 0 bridgehead atoms. The number of aryl methyl sites for hydroxylation is 1. The molecule has 0 fully saturated rings. The molecule has 0 atom stereocenters. The van der Waals surface area contributed by atoms with Gasteiger partial charge in [0, 0.05) is 20.0 Å². The molecule has 0 saturated carbocycles. The van der Waals surface area contributed by atoms with Crippen molar-refractivity contribution in [2.45, 2.75) is 32.5 Å². The van der Waals surface area contributed by atoms with Gasteiger partial charge >= 0.3 is 11.9 Å². The summed E-state index contributed by atoms with van der Waals surface area (Å²) in [6.45, 7) is 1.41. The number of nitrogens with zero attached hydrogens (tertiary/aromatic N) is 3. The van der Waals surface area contributed by atoms with Crippen LogP contribution in [0.1, 0.15) is 25.5 Å². The van der Waals surface area contributed by atoms with E-state index in [1.165, 1.54) is 14.0 Å². The SMILES string of the molecule is CC(=O)CCCn1c(=O)c2ccc(C(F)(F)F)nc2n(C)c1=O. The fourth-order valence-corrected chi connectivity index (χ4v) is 2.22. The van der Waals surface area contributed by atoms with Crippen LogP contribution >= 0.6 is 0 Å². The van der Waals surface area contributed by atoms with Crippen LogP contribution in [0, 0.1) is 0 Å². The second-order valence-corrected chi connectivity index (χ2v) is 5.17. The summed E-state index contributed by atoms with van der Waals surface area (Å²) in [6, 6.07) is 1.71. The van der Waals surface area contributed by atoms with Gasteiger partial charge in [-0.1, -0.05) is 0 Å². The van der Waals surface area contributed by atoms with E-state index in [1.807, 2.05) is 0 Å². The summed E-state index contributed by atoms with van der Waals surface area (Å²) >= 11 is 0. The molecular weight excluding hydrogens is 315 g/mol. The summed E-state index contributed by atoms with van der Waals surface area (Å²) < 4.78 is 39.9. The Labute approximate surface area is 128 Å². The molecule has 2 heterocycles. The number of fused-ring (bicyclic) bond motifs is 1. The lowest BCUT2D eigenvalue weighted by molar-refractivity contribution is -0.141. The van der Waals surface area contributed by atoms with Crippen LogP contribution in [0.2, 0.25) is 0 Å². The quantitative estimate of drug-likeness (QED) is 0.852. The van der Waals surface area contributed by atoms with Gasteiger partial charge < -0.3 is 4.79 Å². The lowest BCUT2D eigenvalue weighted by atomic mass is 10.2. The lowest BCUT2D eigenvalue weighted by Crippen LogP contribution is -2.39.